The molecule has 1 aromatic heterocycles. The van der Waals surface area contributed by atoms with E-state index in [1.165, 1.54) is 0 Å². The fourth-order valence-corrected chi connectivity index (χ4v) is 4.29. The highest BCUT2D eigenvalue weighted by atomic mass is 32.2. The van der Waals surface area contributed by atoms with Gasteiger partial charge in [0, 0.05) is 18.7 Å². The Bertz CT molecular complexity index is 737. The zero-order valence-corrected chi connectivity index (χ0v) is 12.6. The average molecular weight is 313 g/mol. The molecular weight excluding hydrogens is 298 g/mol. The monoisotopic (exact) mass is 313 g/mol. The summed E-state index contributed by atoms with van der Waals surface area (Å²) in [6, 6.07) is 5.05. The van der Waals surface area contributed by atoms with Crippen LogP contribution >= 0.6 is 11.3 Å². The fraction of sp³-hybridized carbons (Fsp3) is 0.333. The number of thiazole rings is 1. The molecule has 0 spiro atoms. The molecule has 0 aliphatic carbocycles. The van der Waals surface area contributed by atoms with Crippen LogP contribution in [0.15, 0.2) is 22.5 Å². The summed E-state index contributed by atoms with van der Waals surface area (Å²) in [4.78, 5) is 15.4. The summed E-state index contributed by atoms with van der Waals surface area (Å²) in [7, 11) is -3.54. The molecule has 0 radical (unpaired) electrons. The lowest BCUT2D eigenvalue weighted by Crippen LogP contribution is -2.25. The van der Waals surface area contributed by atoms with Gasteiger partial charge in [0.2, 0.25) is 20.1 Å². The molecule has 2 rings (SSSR count). The summed E-state index contributed by atoms with van der Waals surface area (Å²) in [6.07, 6.45) is -0.0613. The highest BCUT2D eigenvalue weighted by Gasteiger charge is 2.21. The molecule has 0 aliphatic heterocycles. The summed E-state index contributed by atoms with van der Waals surface area (Å²) >= 11 is 1.07. The lowest BCUT2D eigenvalue weighted by Gasteiger charge is -2.01. The standard InChI is InChI=1S/C12H15N3O3S2/c1-2-14-11(16)5-6-20(17,18)12-15-9-4-3-8(13)7-10(9)19-12/h3-4,7H,2,5-6,13H2,1H3,(H,14,16). The number of amides is 1. The number of carbonyl (C=O) groups is 1. The number of nitrogens with one attached hydrogen (secondary N) is 1. The molecule has 0 fully saturated rings. The van der Waals surface area contributed by atoms with Crippen molar-refractivity contribution in [2.24, 2.45) is 0 Å². The molecule has 0 saturated carbocycles. The molecular formula is C12H15N3O3S2. The Labute approximate surface area is 120 Å². The number of nitrogens with zero attached hydrogens (tertiary/aromatic N) is 1. The summed E-state index contributed by atoms with van der Waals surface area (Å²) < 4.78 is 25.0. The van der Waals surface area contributed by atoms with Crippen molar-refractivity contribution in [3.63, 3.8) is 0 Å². The molecule has 6 nitrogen and oxygen atoms in total. The number of benzene rings is 1. The van der Waals surface area contributed by atoms with E-state index >= 15 is 0 Å². The number of fused-ring (bicyclic) bond motifs is 1. The molecule has 0 unspecified atom stereocenters. The Kier molecular flexibility index (Phi) is 4.24. The van der Waals surface area contributed by atoms with Crippen molar-refractivity contribution in [2.45, 2.75) is 17.7 Å². The van der Waals surface area contributed by atoms with Gasteiger partial charge in [0.1, 0.15) is 0 Å². The van der Waals surface area contributed by atoms with Crippen molar-refractivity contribution in [3.8, 4) is 0 Å². The SMILES string of the molecule is CCNC(=O)CCS(=O)(=O)c1nc2ccc(N)cc2s1. The number of rotatable bonds is 5. The number of sulfone groups is 1. The maximum absolute atomic E-state index is 12.1. The first kappa shape index (κ1) is 14.7. The second-order valence-electron chi connectivity index (χ2n) is 4.23. The molecule has 1 aromatic carbocycles. The van der Waals surface area contributed by atoms with Gasteiger partial charge in [-0.05, 0) is 25.1 Å². The Hall–Kier alpha value is -1.67. The predicted molar refractivity (Wildman–Crippen MR) is 79.4 cm³/mol. The van der Waals surface area contributed by atoms with Crippen LogP contribution in [0.2, 0.25) is 0 Å². The van der Waals surface area contributed by atoms with Gasteiger partial charge in [-0.25, -0.2) is 13.4 Å². The molecule has 8 heteroatoms. The lowest BCUT2D eigenvalue weighted by molar-refractivity contribution is -0.120. The molecule has 108 valence electrons. The van der Waals surface area contributed by atoms with Crippen molar-refractivity contribution in [3.05, 3.63) is 18.2 Å². The van der Waals surface area contributed by atoms with Crippen LogP contribution < -0.4 is 11.1 Å². The number of aromatic nitrogens is 1. The zero-order chi connectivity index (χ0) is 14.8. The first-order valence-electron chi connectivity index (χ1n) is 6.08. The minimum Gasteiger partial charge on any atom is -0.399 e. The van der Waals surface area contributed by atoms with E-state index in [4.69, 9.17) is 5.73 Å². The van der Waals surface area contributed by atoms with E-state index < -0.39 is 9.84 Å². The zero-order valence-electron chi connectivity index (χ0n) is 10.9. The van der Waals surface area contributed by atoms with E-state index in [-0.39, 0.29) is 22.4 Å². The Balaban J connectivity index is 2.21. The highest BCUT2D eigenvalue weighted by Crippen LogP contribution is 2.27. The van der Waals surface area contributed by atoms with Gasteiger partial charge >= 0.3 is 0 Å². The topological polar surface area (TPSA) is 102 Å². The molecule has 1 heterocycles. The molecule has 0 bridgehead atoms. The van der Waals surface area contributed by atoms with Crippen LogP contribution in [0.1, 0.15) is 13.3 Å². The number of carbonyl (C=O) groups excluding carboxylic acids is 1. The largest absolute Gasteiger partial charge is 0.399 e. The Morgan fingerprint density at radius 1 is 1.45 bits per heavy atom. The third kappa shape index (κ3) is 3.26. The van der Waals surface area contributed by atoms with E-state index in [9.17, 15) is 13.2 Å². The van der Waals surface area contributed by atoms with Gasteiger partial charge in [0.05, 0.1) is 16.0 Å². The molecule has 20 heavy (non-hydrogen) atoms. The summed E-state index contributed by atoms with van der Waals surface area (Å²) in [6.45, 7) is 2.27. The quantitative estimate of drug-likeness (QED) is 0.807. The van der Waals surface area contributed by atoms with Crippen LogP contribution in [0, 0.1) is 0 Å². The van der Waals surface area contributed by atoms with Gasteiger partial charge in [0.15, 0.2) is 0 Å². The van der Waals surface area contributed by atoms with Crippen LogP contribution in [-0.2, 0) is 14.6 Å². The third-order valence-electron chi connectivity index (χ3n) is 2.63. The summed E-state index contributed by atoms with van der Waals surface area (Å²) in [5.74, 6) is -0.518. The van der Waals surface area contributed by atoms with E-state index in [0.29, 0.717) is 17.7 Å². The molecule has 2 aromatic rings. The number of nitrogen functional groups attached to an aromatic ring is 1. The van der Waals surface area contributed by atoms with Crippen molar-refractivity contribution in [1.29, 1.82) is 0 Å². The molecule has 1 amide bonds. The maximum atomic E-state index is 12.1. The van der Waals surface area contributed by atoms with E-state index in [1.54, 1.807) is 25.1 Å². The molecule has 3 N–H and O–H groups in total. The predicted octanol–water partition coefficient (Wildman–Crippen LogP) is 1.18. The second-order valence-corrected chi connectivity index (χ2v) is 7.54. The van der Waals surface area contributed by atoms with Gasteiger partial charge in [0.25, 0.3) is 0 Å². The van der Waals surface area contributed by atoms with E-state index in [1.807, 2.05) is 0 Å². The van der Waals surface area contributed by atoms with Gasteiger partial charge < -0.3 is 11.1 Å². The van der Waals surface area contributed by atoms with Crippen molar-refractivity contribution >= 4 is 43.0 Å². The van der Waals surface area contributed by atoms with Gasteiger partial charge in [-0.3, -0.25) is 4.79 Å². The molecule has 0 atom stereocenters. The summed E-state index contributed by atoms with van der Waals surface area (Å²) in [5, 5.41) is 2.57. The van der Waals surface area contributed by atoms with Crippen LogP contribution in [0.3, 0.4) is 0 Å². The first-order valence-corrected chi connectivity index (χ1v) is 8.55. The number of anilines is 1. The van der Waals surface area contributed by atoms with Crippen molar-refractivity contribution in [1.82, 2.24) is 10.3 Å². The minimum absolute atomic E-state index is 0.0300. The number of hydrogen-bond acceptors (Lipinski definition) is 6. The number of hydrogen-bond donors (Lipinski definition) is 2. The second kappa shape index (κ2) is 5.76. The summed E-state index contributed by atoms with van der Waals surface area (Å²) in [5.41, 5.74) is 6.81. The fourth-order valence-electron chi connectivity index (χ4n) is 1.65. The van der Waals surface area contributed by atoms with Crippen LogP contribution in [0.5, 0.6) is 0 Å². The van der Waals surface area contributed by atoms with Gasteiger partial charge in [-0.2, -0.15) is 0 Å². The smallest absolute Gasteiger partial charge is 0.221 e. The van der Waals surface area contributed by atoms with Crippen molar-refractivity contribution < 1.29 is 13.2 Å². The highest BCUT2D eigenvalue weighted by molar-refractivity contribution is 7.93. The van der Waals surface area contributed by atoms with Gasteiger partial charge in [-0.15, -0.1) is 11.3 Å². The third-order valence-corrected chi connectivity index (χ3v) is 5.82. The molecule has 0 saturated heterocycles. The van der Waals surface area contributed by atoms with Crippen LogP contribution in [0.25, 0.3) is 10.2 Å². The van der Waals surface area contributed by atoms with Gasteiger partial charge in [-0.1, -0.05) is 0 Å². The molecule has 0 aliphatic rings. The normalized spacial score (nSPS) is 11.7. The minimum atomic E-state index is -3.54. The Morgan fingerprint density at radius 2 is 2.20 bits per heavy atom. The Morgan fingerprint density at radius 3 is 2.90 bits per heavy atom. The number of nitrogens with two attached hydrogens (primary N) is 1. The maximum Gasteiger partial charge on any atom is 0.221 e. The van der Waals surface area contributed by atoms with Crippen LogP contribution in [0.4, 0.5) is 5.69 Å². The van der Waals surface area contributed by atoms with Crippen molar-refractivity contribution in [2.75, 3.05) is 18.0 Å². The lowest BCUT2D eigenvalue weighted by atomic mass is 10.3. The van der Waals surface area contributed by atoms with E-state index in [0.717, 1.165) is 16.0 Å². The first-order chi connectivity index (χ1) is 9.42. The van der Waals surface area contributed by atoms with E-state index in [2.05, 4.69) is 10.3 Å². The van der Waals surface area contributed by atoms with Crippen LogP contribution in [-0.4, -0.2) is 31.6 Å². The average Bonchev–Trinajstić information content (AvgIpc) is 2.80.